The summed E-state index contributed by atoms with van der Waals surface area (Å²) in [5.74, 6) is -1.77. The topological polar surface area (TPSA) is 158 Å². The first-order valence-corrected chi connectivity index (χ1v) is 20.1. The van der Waals surface area contributed by atoms with E-state index in [1.807, 2.05) is 21.9 Å². The monoisotopic (exact) mass is 842 g/mol. The highest BCUT2D eigenvalue weighted by Gasteiger charge is 2.41. The number of hydrogen-bond acceptors (Lipinski definition) is 11. The number of pyridine rings is 2. The molecule has 7 heterocycles. The number of amides is 5. The Morgan fingerprint density at radius 1 is 0.677 bits per heavy atom. The first-order chi connectivity index (χ1) is 30.0. The summed E-state index contributed by atoms with van der Waals surface area (Å²) >= 11 is 0. The second-order valence-corrected chi connectivity index (χ2v) is 15.4. The van der Waals surface area contributed by atoms with Crippen LogP contribution in [0.4, 0.5) is 41.1 Å². The zero-order valence-electron chi connectivity index (χ0n) is 33.5. The van der Waals surface area contributed by atoms with E-state index >= 15 is 4.39 Å². The van der Waals surface area contributed by atoms with Gasteiger partial charge in [-0.3, -0.25) is 39.1 Å². The molecule has 2 aromatic heterocycles. The number of halogens is 2. The van der Waals surface area contributed by atoms with Gasteiger partial charge in [0.05, 0.1) is 60.1 Å². The van der Waals surface area contributed by atoms with Gasteiger partial charge in [0.25, 0.3) is 11.8 Å². The molecular formula is C45H40F2N8O7. The van der Waals surface area contributed by atoms with Gasteiger partial charge >= 0.3 is 12.2 Å². The van der Waals surface area contributed by atoms with E-state index < -0.39 is 47.8 Å². The van der Waals surface area contributed by atoms with Crippen LogP contribution in [-0.2, 0) is 40.4 Å². The van der Waals surface area contributed by atoms with Gasteiger partial charge in [0.1, 0.15) is 23.8 Å². The van der Waals surface area contributed by atoms with E-state index in [-0.39, 0.29) is 32.1 Å². The number of benzene rings is 3. The molecule has 2 saturated heterocycles. The fraction of sp³-hybridized carbons (Fsp3) is 0.267. The van der Waals surface area contributed by atoms with Gasteiger partial charge in [-0.1, -0.05) is 19.1 Å². The summed E-state index contributed by atoms with van der Waals surface area (Å²) in [5.41, 5.74) is 6.79. The number of anilines is 4. The lowest BCUT2D eigenvalue weighted by atomic mass is 10.1. The molecule has 3 aromatic carbocycles. The summed E-state index contributed by atoms with van der Waals surface area (Å²) in [4.78, 5) is 77.2. The number of carbonyl (C=O) groups is 5. The largest absolute Gasteiger partial charge is 0.442 e. The number of rotatable bonds is 9. The summed E-state index contributed by atoms with van der Waals surface area (Å²) in [7, 11) is 0. The number of fused-ring (bicyclic) bond motifs is 3. The SMILES string of the molecule is CCC(=O)NC[C@H]1CN(c2ccc(N3Cc4ccncc4C3)c(F)c2)C(=O)O1.O=C1c2ccccc2C(=O)N1C[C@H]1CN(c2ccc(N3Cc4ccncc4C3)c(F)c2)C(=O)O1. The maximum Gasteiger partial charge on any atom is 0.414 e. The Morgan fingerprint density at radius 3 is 1.65 bits per heavy atom. The van der Waals surface area contributed by atoms with Gasteiger partial charge in [0.15, 0.2) is 0 Å². The highest BCUT2D eigenvalue weighted by molar-refractivity contribution is 6.21. The first-order valence-electron chi connectivity index (χ1n) is 20.1. The Kier molecular flexibility index (Phi) is 10.7. The van der Waals surface area contributed by atoms with Crippen LogP contribution in [0.1, 0.15) is 56.3 Å². The van der Waals surface area contributed by atoms with E-state index in [0.717, 1.165) is 27.2 Å². The van der Waals surface area contributed by atoms with Gasteiger partial charge in [0, 0.05) is 57.4 Å². The van der Waals surface area contributed by atoms with Gasteiger partial charge in [-0.2, -0.15) is 0 Å². The molecule has 15 nitrogen and oxygen atoms in total. The third-order valence-corrected chi connectivity index (χ3v) is 11.5. The fourth-order valence-corrected chi connectivity index (χ4v) is 8.25. The molecule has 316 valence electrons. The van der Waals surface area contributed by atoms with Crippen LogP contribution in [0.2, 0.25) is 0 Å². The molecule has 5 aliphatic rings. The van der Waals surface area contributed by atoms with Crippen molar-refractivity contribution in [2.24, 2.45) is 0 Å². The highest BCUT2D eigenvalue weighted by Crippen LogP contribution is 2.35. The van der Waals surface area contributed by atoms with Gasteiger partial charge in [0.2, 0.25) is 5.91 Å². The molecule has 0 radical (unpaired) electrons. The van der Waals surface area contributed by atoms with Crippen molar-refractivity contribution >= 4 is 52.7 Å². The lowest BCUT2D eigenvalue weighted by Crippen LogP contribution is -2.38. The Morgan fingerprint density at radius 2 is 1.16 bits per heavy atom. The molecule has 0 unspecified atom stereocenters. The van der Waals surface area contributed by atoms with Crippen LogP contribution in [0.5, 0.6) is 0 Å². The number of ether oxygens (including phenoxy) is 2. The van der Waals surface area contributed by atoms with Crippen molar-refractivity contribution < 1.29 is 42.2 Å². The lowest BCUT2D eigenvalue weighted by molar-refractivity contribution is -0.121. The van der Waals surface area contributed by atoms with Crippen molar-refractivity contribution in [3.05, 3.63) is 143 Å². The van der Waals surface area contributed by atoms with Crippen molar-refractivity contribution in [1.82, 2.24) is 20.2 Å². The zero-order chi connectivity index (χ0) is 43.1. The molecule has 5 aliphatic heterocycles. The Hall–Kier alpha value is -7.43. The Labute approximate surface area is 354 Å². The van der Waals surface area contributed by atoms with Crippen molar-refractivity contribution in [2.75, 3.05) is 45.8 Å². The van der Waals surface area contributed by atoms with Crippen LogP contribution in [0, 0.1) is 11.6 Å². The lowest BCUT2D eigenvalue weighted by Gasteiger charge is -2.21. The van der Waals surface area contributed by atoms with Crippen LogP contribution in [0.25, 0.3) is 0 Å². The predicted molar refractivity (Wildman–Crippen MR) is 221 cm³/mol. The third kappa shape index (κ3) is 7.72. The standard InChI is InChI=1S/C25H19FN4O4.C20H21FN4O3/c26-21-9-17(5-6-22(21)28-11-15-7-8-27-10-16(15)12-28)29-13-18(34-25(29)33)14-30-23(31)19-3-1-2-4-20(19)24(30)32;1-2-19(26)23-9-16-12-25(20(27)28-16)15-3-4-18(17(21)7-15)24-10-13-5-6-22-8-14(13)11-24/h1-10,18H,11-14H2;3-8,16H,2,9-12H2,1H3,(H,23,26)/t18-;16-/m10/s1. The molecule has 1 N–H and O–H groups in total. The van der Waals surface area contributed by atoms with E-state index in [4.69, 9.17) is 9.47 Å². The zero-order valence-corrected chi connectivity index (χ0v) is 33.5. The second-order valence-electron chi connectivity index (χ2n) is 15.4. The van der Waals surface area contributed by atoms with E-state index in [0.29, 0.717) is 66.5 Å². The summed E-state index contributed by atoms with van der Waals surface area (Å²) < 4.78 is 40.5. The molecule has 0 spiro atoms. The van der Waals surface area contributed by atoms with Gasteiger partial charge in [-0.15, -0.1) is 0 Å². The second kappa shape index (κ2) is 16.6. The molecule has 0 bridgehead atoms. The van der Waals surface area contributed by atoms with E-state index in [2.05, 4.69) is 15.3 Å². The van der Waals surface area contributed by atoms with Crippen LogP contribution in [0.15, 0.2) is 97.6 Å². The van der Waals surface area contributed by atoms with Crippen molar-refractivity contribution in [3.8, 4) is 0 Å². The maximum atomic E-state index is 15.1. The minimum absolute atomic E-state index is 0.0603. The minimum Gasteiger partial charge on any atom is -0.442 e. The van der Waals surface area contributed by atoms with Gasteiger partial charge in [-0.05, 0) is 82.9 Å². The molecule has 5 aromatic rings. The van der Waals surface area contributed by atoms with Crippen molar-refractivity contribution in [1.29, 1.82) is 0 Å². The number of carbonyl (C=O) groups excluding carboxylic acids is 5. The van der Waals surface area contributed by atoms with Crippen molar-refractivity contribution in [3.63, 3.8) is 0 Å². The normalized spacial score (nSPS) is 18.7. The molecule has 17 heteroatoms. The number of nitrogens with zero attached hydrogens (tertiary/aromatic N) is 7. The maximum absolute atomic E-state index is 15.1. The van der Waals surface area contributed by atoms with E-state index in [1.165, 1.54) is 21.9 Å². The van der Waals surface area contributed by atoms with Crippen LogP contribution in [-0.4, -0.2) is 83.2 Å². The Bertz CT molecular complexity index is 2540. The summed E-state index contributed by atoms with van der Waals surface area (Å²) in [6.45, 7) is 4.68. The number of imide groups is 1. The average Bonchev–Trinajstić information content (AvgIpc) is 4.11. The summed E-state index contributed by atoms with van der Waals surface area (Å²) in [6.07, 6.45) is 5.07. The molecule has 10 rings (SSSR count). The number of nitrogens with one attached hydrogen (secondary N) is 1. The van der Waals surface area contributed by atoms with Crippen LogP contribution >= 0.6 is 0 Å². The molecule has 0 aliphatic carbocycles. The van der Waals surface area contributed by atoms with Crippen LogP contribution < -0.4 is 24.9 Å². The molecule has 0 saturated carbocycles. The number of hydrogen-bond donors (Lipinski definition) is 1. The van der Waals surface area contributed by atoms with E-state index in [9.17, 15) is 28.4 Å². The third-order valence-electron chi connectivity index (χ3n) is 11.5. The molecule has 5 amide bonds. The fourth-order valence-electron chi connectivity index (χ4n) is 8.25. The summed E-state index contributed by atoms with van der Waals surface area (Å²) in [6, 6.07) is 19.8. The number of aromatic nitrogens is 2. The summed E-state index contributed by atoms with van der Waals surface area (Å²) in [5, 5.41) is 2.70. The molecular weight excluding hydrogens is 803 g/mol. The number of cyclic esters (lactones) is 2. The van der Waals surface area contributed by atoms with Crippen LogP contribution in [0.3, 0.4) is 0 Å². The van der Waals surface area contributed by atoms with Gasteiger partial charge < -0.3 is 24.6 Å². The quantitative estimate of drug-likeness (QED) is 0.175. The first kappa shape index (κ1) is 40.0. The van der Waals surface area contributed by atoms with Crippen molar-refractivity contribution in [2.45, 2.75) is 51.7 Å². The molecule has 2 atom stereocenters. The average molecular weight is 843 g/mol. The Balaban J connectivity index is 0.000000161. The molecule has 2 fully saturated rings. The highest BCUT2D eigenvalue weighted by atomic mass is 19.1. The van der Waals surface area contributed by atoms with Gasteiger partial charge in [-0.25, -0.2) is 18.4 Å². The van der Waals surface area contributed by atoms with E-state index in [1.54, 1.807) is 80.2 Å². The predicted octanol–water partition coefficient (Wildman–Crippen LogP) is 5.95. The smallest absolute Gasteiger partial charge is 0.414 e. The minimum atomic E-state index is -0.710. The molecule has 62 heavy (non-hydrogen) atoms.